The maximum atomic E-state index is 12.9. The number of halogens is 5. The number of hydrogen-bond acceptors (Lipinski definition) is 4. The molecule has 3 aromatic rings. The number of alkyl halides is 3. The number of hydrogen-bond donors (Lipinski definition) is 0. The Morgan fingerprint density at radius 2 is 1.71 bits per heavy atom. The standard InChI is InChI=1S/C25H18Cl2F3NO3/c1-3-23(32)24(14-31,16-6-4-5-15(2)11-16)34-22-13-18(8-9-19(22)26)33-21-10-7-17(12-20(21)27)25(28,29)30/h4-13H,3H2,1-2H3. The van der Waals surface area contributed by atoms with Crippen LogP contribution in [0.5, 0.6) is 17.2 Å². The fraction of sp³-hybridized carbons (Fsp3) is 0.200. The number of nitrogens with zero attached hydrogens (tertiary/aromatic N) is 1. The SMILES string of the molecule is CCC(=O)C(C#N)(Oc1cc(Oc2ccc(C(F)(F)F)cc2Cl)ccc1Cl)c1cccc(C)c1. The zero-order valence-electron chi connectivity index (χ0n) is 18.0. The summed E-state index contributed by atoms with van der Waals surface area (Å²) in [6.45, 7) is 3.43. The van der Waals surface area contributed by atoms with Gasteiger partial charge in [0, 0.05) is 18.1 Å². The second-order valence-electron chi connectivity index (χ2n) is 7.38. The summed E-state index contributed by atoms with van der Waals surface area (Å²) in [4.78, 5) is 12.9. The summed E-state index contributed by atoms with van der Waals surface area (Å²) in [5.74, 6) is -0.403. The number of carbonyl (C=O) groups is 1. The highest BCUT2D eigenvalue weighted by molar-refractivity contribution is 6.32. The van der Waals surface area contributed by atoms with Gasteiger partial charge in [-0.2, -0.15) is 18.4 Å². The summed E-state index contributed by atoms with van der Waals surface area (Å²) in [6.07, 6.45) is -4.53. The molecular formula is C25H18Cl2F3NO3. The van der Waals surface area contributed by atoms with E-state index < -0.39 is 23.1 Å². The van der Waals surface area contributed by atoms with Gasteiger partial charge in [0.1, 0.15) is 23.3 Å². The van der Waals surface area contributed by atoms with Gasteiger partial charge in [-0.25, -0.2) is 0 Å². The normalized spacial score (nSPS) is 13.0. The lowest BCUT2D eigenvalue weighted by molar-refractivity contribution is -0.137. The summed E-state index contributed by atoms with van der Waals surface area (Å²) in [6, 6.07) is 15.7. The van der Waals surface area contributed by atoms with Crippen molar-refractivity contribution in [2.24, 2.45) is 0 Å². The lowest BCUT2D eigenvalue weighted by Gasteiger charge is -2.27. The summed E-state index contributed by atoms with van der Waals surface area (Å²) in [5, 5.41) is 9.88. The van der Waals surface area contributed by atoms with Crippen molar-refractivity contribution in [3.05, 3.63) is 87.4 Å². The highest BCUT2D eigenvalue weighted by Crippen LogP contribution is 2.40. The van der Waals surface area contributed by atoms with Gasteiger partial charge in [-0.15, -0.1) is 0 Å². The van der Waals surface area contributed by atoms with Crippen LogP contribution in [0.4, 0.5) is 13.2 Å². The number of nitriles is 1. The van der Waals surface area contributed by atoms with E-state index in [-0.39, 0.29) is 33.7 Å². The Morgan fingerprint density at radius 1 is 0.971 bits per heavy atom. The van der Waals surface area contributed by atoms with Gasteiger partial charge in [-0.1, -0.05) is 60.0 Å². The van der Waals surface area contributed by atoms with Crippen molar-refractivity contribution in [1.29, 1.82) is 5.26 Å². The van der Waals surface area contributed by atoms with Crippen molar-refractivity contribution >= 4 is 29.0 Å². The quantitative estimate of drug-likeness (QED) is 0.326. The third-order valence-corrected chi connectivity index (χ3v) is 5.56. The highest BCUT2D eigenvalue weighted by Gasteiger charge is 2.42. The molecule has 0 spiro atoms. The molecule has 0 aromatic heterocycles. The van der Waals surface area contributed by atoms with E-state index in [4.69, 9.17) is 32.7 Å². The third kappa shape index (κ3) is 5.30. The molecule has 0 aliphatic rings. The molecule has 0 bridgehead atoms. The van der Waals surface area contributed by atoms with E-state index in [1.165, 1.54) is 18.2 Å². The van der Waals surface area contributed by atoms with Crippen LogP contribution < -0.4 is 9.47 Å². The number of aryl methyl sites for hydroxylation is 1. The van der Waals surface area contributed by atoms with E-state index in [0.717, 1.165) is 23.8 Å². The van der Waals surface area contributed by atoms with Crippen LogP contribution in [0.3, 0.4) is 0 Å². The largest absolute Gasteiger partial charge is 0.459 e. The van der Waals surface area contributed by atoms with Crippen molar-refractivity contribution in [3.8, 4) is 23.3 Å². The fourth-order valence-corrected chi connectivity index (χ4v) is 3.59. The van der Waals surface area contributed by atoms with E-state index in [2.05, 4.69) is 0 Å². The molecule has 0 saturated heterocycles. The minimum absolute atomic E-state index is 0.0212. The zero-order chi connectivity index (χ0) is 25.1. The second kappa shape index (κ2) is 9.96. The van der Waals surface area contributed by atoms with E-state index in [1.54, 1.807) is 25.1 Å². The van der Waals surface area contributed by atoms with Crippen molar-refractivity contribution in [2.45, 2.75) is 32.0 Å². The van der Waals surface area contributed by atoms with Crippen LogP contribution in [0.1, 0.15) is 30.0 Å². The van der Waals surface area contributed by atoms with Crippen LogP contribution >= 0.6 is 23.2 Å². The molecule has 0 saturated carbocycles. The number of benzene rings is 3. The van der Waals surface area contributed by atoms with Crippen molar-refractivity contribution in [2.75, 3.05) is 0 Å². The van der Waals surface area contributed by atoms with Gasteiger partial charge in [0.15, 0.2) is 5.78 Å². The van der Waals surface area contributed by atoms with Crippen LogP contribution in [0.25, 0.3) is 0 Å². The Kier molecular flexibility index (Phi) is 7.44. The monoisotopic (exact) mass is 507 g/mol. The predicted molar refractivity (Wildman–Crippen MR) is 122 cm³/mol. The average molecular weight is 508 g/mol. The van der Waals surface area contributed by atoms with E-state index >= 15 is 0 Å². The number of Topliss-reactive ketones (excluding diaryl/α,β-unsaturated/α-hetero) is 1. The fourth-order valence-electron chi connectivity index (χ4n) is 3.22. The van der Waals surface area contributed by atoms with Gasteiger partial charge in [0.25, 0.3) is 5.60 Å². The number of carbonyl (C=O) groups excluding carboxylic acids is 1. The Hall–Kier alpha value is -3.21. The smallest absolute Gasteiger partial charge is 0.416 e. The molecule has 3 aromatic carbocycles. The van der Waals surface area contributed by atoms with Crippen LogP contribution in [0, 0.1) is 18.3 Å². The zero-order valence-corrected chi connectivity index (χ0v) is 19.6. The molecule has 0 fully saturated rings. The van der Waals surface area contributed by atoms with Gasteiger partial charge in [-0.3, -0.25) is 4.79 Å². The van der Waals surface area contributed by atoms with Crippen LogP contribution in [-0.4, -0.2) is 5.78 Å². The predicted octanol–water partition coefficient (Wildman–Crippen LogP) is 7.89. The van der Waals surface area contributed by atoms with E-state index in [9.17, 15) is 23.2 Å². The highest BCUT2D eigenvalue weighted by atomic mass is 35.5. The summed E-state index contributed by atoms with van der Waals surface area (Å²) >= 11 is 12.2. The second-order valence-corrected chi connectivity index (χ2v) is 8.19. The molecule has 9 heteroatoms. The molecule has 34 heavy (non-hydrogen) atoms. The first kappa shape index (κ1) is 25.4. The molecule has 3 rings (SSSR count). The Balaban J connectivity index is 2.00. The summed E-state index contributed by atoms with van der Waals surface area (Å²) < 4.78 is 50.2. The molecule has 1 unspecified atom stereocenters. The van der Waals surface area contributed by atoms with Gasteiger partial charge in [0.05, 0.1) is 15.6 Å². The summed E-state index contributed by atoms with van der Waals surface area (Å²) in [7, 11) is 0. The van der Waals surface area contributed by atoms with Gasteiger partial charge in [0.2, 0.25) is 0 Å². The number of ether oxygens (including phenoxy) is 2. The molecule has 0 N–H and O–H groups in total. The lowest BCUT2D eigenvalue weighted by Crippen LogP contribution is -2.40. The molecule has 0 aliphatic carbocycles. The third-order valence-electron chi connectivity index (χ3n) is 4.95. The van der Waals surface area contributed by atoms with Crippen LogP contribution in [0.15, 0.2) is 60.7 Å². The van der Waals surface area contributed by atoms with Crippen LogP contribution in [0.2, 0.25) is 10.0 Å². The summed E-state index contributed by atoms with van der Waals surface area (Å²) in [5.41, 5.74) is -1.71. The van der Waals surface area contributed by atoms with Gasteiger partial charge < -0.3 is 9.47 Å². The minimum atomic E-state index is -4.55. The molecule has 4 nitrogen and oxygen atoms in total. The topological polar surface area (TPSA) is 59.3 Å². The van der Waals surface area contributed by atoms with Crippen molar-refractivity contribution in [1.82, 2.24) is 0 Å². The first-order valence-corrected chi connectivity index (χ1v) is 10.8. The first-order valence-electron chi connectivity index (χ1n) is 10.0. The minimum Gasteiger partial charge on any atom is -0.459 e. The Labute approximate surface area is 204 Å². The molecule has 0 aliphatic heterocycles. The molecule has 0 heterocycles. The Bertz CT molecular complexity index is 1270. The first-order chi connectivity index (χ1) is 16.0. The molecule has 176 valence electrons. The molecular weight excluding hydrogens is 490 g/mol. The van der Waals surface area contributed by atoms with E-state index in [1.807, 2.05) is 19.1 Å². The van der Waals surface area contributed by atoms with Crippen molar-refractivity contribution in [3.63, 3.8) is 0 Å². The maximum absolute atomic E-state index is 12.9. The van der Waals surface area contributed by atoms with E-state index in [0.29, 0.717) is 5.56 Å². The number of rotatable bonds is 7. The van der Waals surface area contributed by atoms with Gasteiger partial charge in [-0.05, 0) is 37.3 Å². The number of ketones is 1. The molecule has 1 atom stereocenters. The van der Waals surface area contributed by atoms with Crippen molar-refractivity contribution < 1.29 is 27.4 Å². The molecule has 0 amide bonds. The Morgan fingerprint density at radius 3 is 2.29 bits per heavy atom. The van der Waals surface area contributed by atoms with Crippen LogP contribution in [-0.2, 0) is 16.6 Å². The van der Waals surface area contributed by atoms with Gasteiger partial charge >= 0.3 is 6.18 Å². The maximum Gasteiger partial charge on any atom is 0.416 e. The average Bonchev–Trinajstić information content (AvgIpc) is 2.79. The molecule has 0 radical (unpaired) electrons. The lowest BCUT2D eigenvalue weighted by atomic mass is 9.88.